The zero-order valence-corrected chi connectivity index (χ0v) is 15.0. The summed E-state index contributed by atoms with van der Waals surface area (Å²) in [5.74, 6) is 1.06. The van der Waals surface area contributed by atoms with Gasteiger partial charge in [0.15, 0.2) is 11.9 Å². The van der Waals surface area contributed by atoms with Gasteiger partial charge in [-0.2, -0.15) is 0 Å². The van der Waals surface area contributed by atoms with Crippen molar-refractivity contribution in [3.05, 3.63) is 23.4 Å². The number of anilines is 2. The van der Waals surface area contributed by atoms with Gasteiger partial charge >= 0.3 is 0 Å². The van der Waals surface area contributed by atoms with Crippen LogP contribution in [0.2, 0.25) is 0 Å². The van der Waals surface area contributed by atoms with Gasteiger partial charge in [0.2, 0.25) is 0 Å². The fraction of sp³-hybridized carbons (Fsp3) is 0.550. The van der Waals surface area contributed by atoms with Crippen molar-refractivity contribution in [2.45, 2.75) is 45.4 Å². The van der Waals surface area contributed by atoms with E-state index in [1.54, 1.807) is 0 Å². The van der Waals surface area contributed by atoms with Crippen LogP contribution in [0.5, 0.6) is 0 Å². The molecule has 5 nitrogen and oxygen atoms in total. The van der Waals surface area contributed by atoms with Crippen LogP contribution < -0.4 is 9.80 Å². The number of hydrogen-bond donors (Lipinski definition) is 0. The lowest BCUT2D eigenvalue weighted by atomic mass is 10.0. The topological polar surface area (TPSA) is 49.3 Å². The Bertz CT molecular complexity index is 777. The molecular formula is C20H26N4O. The largest absolute Gasteiger partial charge is 0.371 e. The third-order valence-corrected chi connectivity index (χ3v) is 5.50. The number of nitrogens with zero attached hydrogens (tertiary/aromatic N) is 4. The number of rotatable bonds is 3. The van der Waals surface area contributed by atoms with Gasteiger partial charge in [0.05, 0.1) is 5.69 Å². The van der Waals surface area contributed by atoms with Crippen molar-refractivity contribution in [3.63, 3.8) is 0 Å². The minimum atomic E-state index is 0.457. The van der Waals surface area contributed by atoms with Crippen LogP contribution in [0, 0.1) is 6.92 Å². The molecule has 132 valence electrons. The number of carbonyl (C=O) groups excluding carboxylic acids is 1. The Kier molecular flexibility index (Phi) is 4.55. The first-order valence-electron chi connectivity index (χ1n) is 9.54. The second-order valence-electron chi connectivity index (χ2n) is 7.23. The van der Waals surface area contributed by atoms with E-state index < -0.39 is 0 Å². The lowest BCUT2D eigenvalue weighted by Crippen LogP contribution is -2.33. The average molecular weight is 338 g/mol. The standard InChI is InChI=1S/C20H26N4O/c1-15-18(23-10-4-2-5-11-23)17-9-8-16(14-25)21-19(17)22-20(15)24-12-6-3-7-13-24/h8-9,14H,2-7,10-13H2,1H3. The Morgan fingerprint density at radius 1 is 0.880 bits per heavy atom. The molecule has 0 atom stereocenters. The first-order valence-corrected chi connectivity index (χ1v) is 9.54. The number of piperidine rings is 2. The highest BCUT2D eigenvalue weighted by Gasteiger charge is 2.23. The van der Waals surface area contributed by atoms with Crippen LogP contribution in [0.1, 0.15) is 54.6 Å². The third kappa shape index (κ3) is 3.08. The van der Waals surface area contributed by atoms with Crippen molar-refractivity contribution in [2.24, 2.45) is 0 Å². The highest BCUT2D eigenvalue weighted by Crippen LogP contribution is 2.36. The van der Waals surface area contributed by atoms with E-state index in [1.165, 1.54) is 49.8 Å². The first-order chi connectivity index (χ1) is 12.3. The molecule has 2 aromatic rings. The van der Waals surface area contributed by atoms with Crippen LogP contribution in [0.4, 0.5) is 11.5 Å². The lowest BCUT2D eigenvalue weighted by Gasteiger charge is -2.34. The molecule has 0 N–H and O–H groups in total. The fourth-order valence-corrected chi connectivity index (χ4v) is 4.23. The predicted molar refractivity (Wildman–Crippen MR) is 102 cm³/mol. The molecule has 4 heterocycles. The fourth-order valence-electron chi connectivity index (χ4n) is 4.23. The normalized spacial score (nSPS) is 18.6. The molecule has 0 radical (unpaired) electrons. The smallest absolute Gasteiger partial charge is 0.168 e. The van der Waals surface area contributed by atoms with Crippen molar-refractivity contribution in [1.82, 2.24) is 9.97 Å². The highest BCUT2D eigenvalue weighted by atomic mass is 16.1. The summed E-state index contributed by atoms with van der Waals surface area (Å²) in [6, 6.07) is 3.83. The van der Waals surface area contributed by atoms with Gasteiger partial charge in [-0.3, -0.25) is 4.79 Å². The van der Waals surface area contributed by atoms with Crippen molar-refractivity contribution in [3.8, 4) is 0 Å². The molecule has 25 heavy (non-hydrogen) atoms. The van der Waals surface area contributed by atoms with Gasteiger partial charge < -0.3 is 9.80 Å². The number of pyridine rings is 2. The van der Waals surface area contributed by atoms with Crippen LogP contribution in [-0.4, -0.2) is 42.4 Å². The number of aromatic nitrogens is 2. The molecule has 0 unspecified atom stereocenters. The van der Waals surface area contributed by atoms with Crippen molar-refractivity contribution in [2.75, 3.05) is 36.0 Å². The number of aldehydes is 1. The lowest BCUT2D eigenvalue weighted by molar-refractivity contribution is 0.111. The molecule has 2 aliphatic heterocycles. The van der Waals surface area contributed by atoms with Gasteiger partial charge in [-0.25, -0.2) is 9.97 Å². The second-order valence-corrected chi connectivity index (χ2v) is 7.23. The van der Waals surface area contributed by atoms with E-state index in [0.717, 1.165) is 43.7 Å². The molecule has 0 aromatic carbocycles. The maximum atomic E-state index is 11.2. The Morgan fingerprint density at radius 2 is 1.52 bits per heavy atom. The monoisotopic (exact) mass is 338 g/mol. The summed E-state index contributed by atoms with van der Waals surface area (Å²) in [4.78, 5) is 25.5. The van der Waals surface area contributed by atoms with E-state index in [4.69, 9.17) is 4.98 Å². The van der Waals surface area contributed by atoms with Crippen LogP contribution in [-0.2, 0) is 0 Å². The molecule has 5 heteroatoms. The maximum Gasteiger partial charge on any atom is 0.168 e. The number of fused-ring (bicyclic) bond motifs is 1. The molecule has 4 rings (SSSR count). The quantitative estimate of drug-likeness (QED) is 0.798. The molecule has 0 aliphatic carbocycles. The van der Waals surface area contributed by atoms with E-state index in [9.17, 15) is 4.79 Å². The molecule has 2 saturated heterocycles. The van der Waals surface area contributed by atoms with Crippen LogP contribution in [0.25, 0.3) is 11.0 Å². The third-order valence-electron chi connectivity index (χ3n) is 5.50. The second kappa shape index (κ2) is 6.98. The van der Waals surface area contributed by atoms with E-state index in [1.807, 2.05) is 12.1 Å². The minimum absolute atomic E-state index is 0.457. The summed E-state index contributed by atoms with van der Waals surface area (Å²) in [6.07, 6.45) is 8.34. The van der Waals surface area contributed by atoms with Crippen molar-refractivity contribution in [1.29, 1.82) is 0 Å². The van der Waals surface area contributed by atoms with E-state index in [2.05, 4.69) is 21.7 Å². The average Bonchev–Trinajstić information content (AvgIpc) is 2.68. The zero-order chi connectivity index (χ0) is 17.2. The zero-order valence-electron chi connectivity index (χ0n) is 15.0. The SMILES string of the molecule is Cc1c(N2CCCCC2)nc2nc(C=O)ccc2c1N1CCCCC1. The van der Waals surface area contributed by atoms with Gasteiger partial charge in [0, 0.05) is 37.1 Å². The minimum Gasteiger partial charge on any atom is -0.371 e. The van der Waals surface area contributed by atoms with Gasteiger partial charge in [-0.05, 0) is 57.6 Å². The van der Waals surface area contributed by atoms with Crippen LogP contribution in [0.15, 0.2) is 12.1 Å². The Morgan fingerprint density at radius 3 is 2.16 bits per heavy atom. The molecule has 0 saturated carbocycles. The molecule has 2 aliphatic rings. The number of hydrogen-bond acceptors (Lipinski definition) is 5. The van der Waals surface area contributed by atoms with Crippen molar-refractivity contribution >= 4 is 28.8 Å². The summed E-state index contributed by atoms with van der Waals surface area (Å²) in [5, 5.41) is 1.07. The molecule has 0 spiro atoms. The van der Waals surface area contributed by atoms with Gasteiger partial charge in [0.25, 0.3) is 0 Å². The van der Waals surface area contributed by atoms with Crippen LogP contribution >= 0.6 is 0 Å². The molecular weight excluding hydrogens is 312 g/mol. The predicted octanol–water partition coefficient (Wildman–Crippen LogP) is 3.73. The van der Waals surface area contributed by atoms with Gasteiger partial charge in [0.1, 0.15) is 11.5 Å². The molecule has 0 amide bonds. The van der Waals surface area contributed by atoms with Gasteiger partial charge in [-0.1, -0.05) is 0 Å². The summed E-state index contributed by atoms with van der Waals surface area (Å²) in [7, 11) is 0. The Hall–Kier alpha value is -2.17. The molecule has 2 aromatic heterocycles. The summed E-state index contributed by atoms with van der Waals surface area (Å²) < 4.78 is 0. The Labute approximate surface area is 149 Å². The summed E-state index contributed by atoms with van der Waals surface area (Å²) in [5.41, 5.74) is 3.70. The van der Waals surface area contributed by atoms with Gasteiger partial charge in [-0.15, -0.1) is 0 Å². The van der Waals surface area contributed by atoms with Crippen molar-refractivity contribution < 1.29 is 4.79 Å². The van der Waals surface area contributed by atoms with Crippen LogP contribution in [0.3, 0.4) is 0 Å². The van der Waals surface area contributed by atoms with E-state index in [-0.39, 0.29) is 0 Å². The molecule has 0 bridgehead atoms. The highest BCUT2D eigenvalue weighted by molar-refractivity contribution is 5.95. The van der Waals surface area contributed by atoms with E-state index >= 15 is 0 Å². The molecule has 2 fully saturated rings. The maximum absolute atomic E-state index is 11.2. The first kappa shape index (κ1) is 16.3. The summed E-state index contributed by atoms with van der Waals surface area (Å²) >= 11 is 0. The number of carbonyl (C=O) groups is 1. The van der Waals surface area contributed by atoms with E-state index in [0.29, 0.717) is 11.3 Å². The summed E-state index contributed by atoms with van der Waals surface area (Å²) in [6.45, 7) is 6.51. The Balaban J connectivity index is 1.89.